The van der Waals surface area contributed by atoms with Crippen molar-refractivity contribution in [2.24, 2.45) is 0 Å². The molecule has 0 bridgehead atoms. The number of anilines is 1. The fourth-order valence-corrected chi connectivity index (χ4v) is 4.07. The SMILES string of the molecule is CC(C)c1cc(C(=O)NCCC(=O)N2CCN(c3ccccc3)CC2)c2ccccc2n1. The summed E-state index contributed by atoms with van der Waals surface area (Å²) in [6.07, 6.45) is 0.303. The first kappa shape index (κ1) is 21.8. The van der Waals surface area contributed by atoms with Gasteiger partial charge in [0.1, 0.15) is 0 Å². The second-order valence-electron chi connectivity index (χ2n) is 8.48. The number of hydrogen-bond donors (Lipinski definition) is 1. The second-order valence-corrected chi connectivity index (χ2v) is 8.48. The molecule has 166 valence electrons. The lowest BCUT2D eigenvalue weighted by atomic mass is 10.0. The molecule has 1 aliphatic rings. The fraction of sp³-hybridized carbons (Fsp3) is 0.346. The number of aromatic nitrogens is 1. The van der Waals surface area contributed by atoms with E-state index in [0.717, 1.165) is 29.7 Å². The number of para-hydroxylation sites is 2. The number of pyridine rings is 1. The van der Waals surface area contributed by atoms with Crippen LogP contribution in [0.25, 0.3) is 10.9 Å². The van der Waals surface area contributed by atoms with E-state index in [4.69, 9.17) is 0 Å². The highest BCUT2D eigenvalue weighted by Crippen LogP contribution is 2.22. The normalized spacial score (nSPS) is 14.1. The number of hydrogen-bond acceptors (Lipinski definition) is 4. The summed E-state index contributed by atoms with van der Waals surface area (Å²) in [6.45, 7) is 7.50. The smallest absolute Gasteiger partial charge is 0.252 e. The lowest BCUT2D eigenvalue weighted by Gasteiger charge is -2.36. The van der Waals surface area contributed by atoms with Gasteiger partial charge in [-0.25, -0.2) is 0 Å². The van der Waals surface area contributed by atoms with Gasteiger partial charge in [0.05, 0.1) is 11.1 Å². The van der Waals surface area contributed by atoms with Gasteiger partial charge in [-0.2, -0.15) is 0 Å². The Morgan fingerprint density at radius 2 is 1.66 bits per heavy atom. The van der Waals surface area contributed by atoms with E-state index in [0.29, 0.717) is 31.6 Å². The quantitative estimate of drug-likeness (QED) is 0.646. The van der Waals surface area contributed by atoms with Gasteiger partial charge < -0.3 is 15.1 Å². The van der Waals surface area contributed by atoms with Crippen molar-refractivity contribution in [2.45, 2.75) is 26.2 Å². The van der Waals surface area contributed by atoms with E-state index >= 15 is 0 Å². The molecule has 0 spiro atoms. The molecule has 0 saturated carbocycles. The molecule has 4 rings (SSSR count). The van der Waals surface area contributed by atoms with Gasteiger partial charge in [0.2, 0.25) is 5.91 Å². The minimum absolute atomic E-state index is 0.0838. The molecule has 0 aliphatic carbocycles. The number of rotatable bonds is 6. The molecular weight excluding hydrogens is 400 g/mol. The van der Waals surface area contributed by atoms with Crippen molar-refractivity contribution in [1.29, 1.82) is 0 Å². The molecule has 0 atom stereocenters. The Morgan fingerprint density at radius 1 is 0.969 bits per heavy atom. The number of carbonyl (C=O) groups is 2. The molecule has 6 nitrogen and oxygen atoms in total. The van der Waals surface area contributed by atoms with Gasteiger partial charge in [0.15, 0.2) is 0 Å². The summed E-state index contributed by atoms with van der Waals surface area (Å²) in [6, 6.07) is 19.8. The number of nitrogens with zero attached hydrogens (tertiary/aromatic N) is 3. The van der Waals surface area contributed by atoms with Crippen molar-refractivity contribution < 1.29 is 9.59 Å². The highest BCUT2D eigenvalue weighted by Gasteiger charge is 2.21. The van der Waals surface area contributed by atoms with Gasteiger partial charge >= 0.3 is 0 Å². The van der Waals surface area contributed by atoms with Crippen LogP contribution in [-0.2, 0) is 4.79 Å². The zero-order valence-electron chi connectivity index (χ0n) is 18.8. The van der Waals surface area contributed by atoms with Crippen LogP contribution in [0, 0.1) is 0 Å². The van der Waals surface area contributed by atoms with Crippen LogP contribution >= 0.6 is 0 Å². The van der Waals surface area contributed by atoms with E-state index in [-0.39, 0.29) is 17.7 Å². The molecule has 2 heterocycles. The van der Waals surface area contributed by atoms with E-state index in [2.05, 4.69) is 41.2 Å². The van der Waals surface area contributed by atoms with E-state index in [1.165, 1.54) is 5.69 Å². The van der Waals surface area contributed by atoms with Crippen molar-refractivity contribution in [3.05, 3.63) is 71.9 Å². The highest BCUT2D eigenvalue weighted by molar-refractivity contribution is 6.06. The van der Waals surface area contributed by atoms with E-state index in [1.54, 1.807) is 0 Å². The highest BCUT2D eigenvalue weighted by atomic mass is 16.2. The van der Waals surface area contributed by atoms with Gasteiger partial charge in [-0.1, -0.05) is 50.2 Å². The monoisotopic (exact) mass is 430 g/mol. The Morgan fingerprint density at radius 3 is 2.38 bits per heavy atom. The van der Waals surface area contributed by atoms with Crippen molar-refractivity contribution in [3.8, 4) is 0 Å². The van der Waals surface area contributed by atoms with Gasteiger partial charge in [-0.3, -0.25) is 14.6 Å². The number of carbonyl (C=O) groups excluding carboxylic acids is 2. The molecule has 1 aromatic heterocycles. The van der Waals surface area contributed by atoms with Gasteiger partial charge in [0.25, 0.3) is 5.91 Å². The largest absolute Gasteiger partial charge is 0.368 e. The topological polar surface area (TPSA) is 65.5 Å². The van der Waals surface area contributed by atoms with Crippen LogP contribution in [0.2, 0.25) is 0 Å². The van der Waals surface area contributed by atoms with Gasteiger partial charge in [-0.15, -0.1) is 0 Å². The van der Waals surface area contributed by atoms with Crippen LogP contribution in [0.3, 0.4) is 0 Å². The van der Waals surface area contributed by atoms with Crippen molar-refractivity contribution in [3.63, 3.8) is 0 Å². The molecule has 2 amide bonds. The summed E-state index contributed by atoms with van der Waals surface area (Å²) < 4.78 is 0. The lowest BCUT2D eigenvalue weighted by molar-refractivity contribution is -0.131. The minimum Gasteiger partial charge on any atom is -0.368 e. The third kappa shape index (κ3) is 4.90. The maximum Gasteiger partial charge on any atom is 0.252 e. The molecule has 1 fully saturated rings. The average molecular weight is 431 g/mol. The number of fused-ring (bicyclic) bond motifs is 1. The zero-order valence-corrected chi connectivity index (χ0v) is 18.8. The summed E-state index contributed by atoms with van der Waals surface area (Å²) in [5.41, 5.74) is 3.51. The lowest BCUT2D eigenvalue weighted by Crippen LogP contribution is -2.49. The third-order valence-electron chi connectivity index (χ3n) is 5.95. The first-order valence-electron chi connectivity index (χ1n) is 11.3. The van der Waals surface area contributed by atoms with Gasteiger partial charge in [-0.05, 0) is 30.2 Å². The van der Waals surface area contributed by atoms with Crippen LogP contribution < -0.4 is 10.2 Å². The minimum atomic E-state index is -0.160. The predicted octanol–water partition coefficient (Wildman–Crippen LogP) is 3.83. The molecule has 0 unspecified atom stereocenters. The molecule has 1 aliphatic heterocycles. The van der Waals surface area contributed by atoms with E-state index in [9.17, 15) is 9.59 Å². The molecule has 1 N–H and O–H groups in total. The second kappa shape index (κ2) is 9.81. The predicted molar refractivity (Wildman–Crippen MR) is 128 cm³/mol. The first-order valence-corrected chi connectivity index (χ1v) is 11.3. The number of nitrogens with one attached hydrogen (secondary N) is 1. The van der Waals surface area contributed by atoms with Crippen LogP contribution in [0.15, 0.2) is 60.7 Å². The van der Waals surface area contributed by atoms with Crippen molar-refractivity contribution >= 4 is 28.4 Å². The number of piperazine rings is 1. The maximum absolute atomic E-state index is 12.9. The third-order valence-corrected chi connectivity index (χ3v) is 5.95. The van der Waals surface area contributed by atoms with Crippen LogP contribution in [0.5, 0.6) is 0 Å². The fourth-order valence-electron chi connectivity index (χ4n) is 4.07. The maximum atomic E-state index is 12.9. The molecule has 1 saturated heterocycles. The zero-order chi connectivity index (χ0) is 22.5. The average Bonchev–Trinajstić information content (AvgIpc) is 2.83. The van der Waals surface area contributed by atoms with Gasteiger partial charge in [0, 0.05) is 55.9 Å². The van der Waals surface area contributed by atoms with Crippen LogP contribution in [-0.4, -0.2) is 54.4 Å². The standard InChI is InChI=1S/C26H30N4O2/c1-19(2)24-18-22(21-10-6-7-11-23(21)28-24)26(32)27-13-12-25(31)30-16-14-29(15-17-30)20-8-4-3-5-9-20/h3-11,18-19H,12-17H2,1-2H3,(H,27,32). The Labute approximate surface area is 189 Å². The van der Waals surface area contributed by atoms with Crippen LogP contribution in [0.4, 0.5) is 5.69 Å². The van der Waals surface area contributed by atoms with Crippen LogP contribution in [0.1, 0.15) is 42.2 Å². The van der Waals surface area contributed by atoms with Crippen molar-refractivity contribution in [1.82, 2.24) is 15.2 Å². The Hall–Kier alpha value is -3.41. The molecule has 6 heteroatoms. The Kier molecular flexibility index (Phi) is 6.69. The number of benzene rings is 2. The molecule has 2 aromatic carbocycles. The number of amides is 2. The summed E-state index contributed by atoms with van der Waals surface area (Å²) >= 11 is 0. The Balaban J connectivity index is 1.32. The van der Waals surface area contributed by atoms with E-state index < -0.39 is 0 Å². The summed E-state index contributed by atoms with van der Waals surface area (Å²) in [5.74, 6) is 0.148. The Bertz CT molecular complexity index is 1090. The summed E-state index contributed by atoms with van der Waals surface area (Å²) in [5, 5.41) is 3.77. The molecule has 32 heavy (non-hydrogen) atoms. The molecule has 0 radical (unpaired) electrons. The first-order chi connectivity index (χ1) is 15.5. The summed E-state index contributed by atoms with van der Waals surface area (Å²) in [4.78, 5) is 34.4. The van der Waals surface area contributed by atoms with E-state index in [1.807, 2.05) is 53.4 Å². The summed E-state index contributed by atoms with van der Waals surface area (Å²) in [7, 11) is 0. The molecular formula is C26H30N4O2. The van der Waals surface area contributed by atoms with Crippen molar-refractivity contribution in [2.75, 3.05) is 37.6 Å². The molecule has 3 aromatic rings.